The zero-order valence-electron chi connectivity index (χ0n) is 9.50. The maximum absolute atomic E-state index is 6.14. The van der Waals surface area contributed by atoms with Crippen LogP contribution in [-0.4, -0.2) is 9.55 Å². The molecule has 15 heavy (non-hydrogen) atoms. The fourth-order valence-electron chi connectivity index (χ4n) is 2.04. The molecule has 0 spiro atoms. The first-order chi connectivity index (χ1) is 6.91. The van der Waals surface area contributed by atoms with Crippen molar-refractivity contribution in [3.05, 3.63) is 29.0 Å². The summed E-state index contributed by atoms with van der Waals surface area (Å²) in [7, 11) is 0. The van der Waals surface area contributed by atoms with Crippen molar-refractivity contribution in [2.24, 2.45) is 0 Å². The van der Waals surface area contributed by atoms with Crippen LogP contribution < -0.4 is 0 Å². The van der Waals surface area contributed by atoms with Gasteiger partial charge in [0.25, 0.3) is 0 Å². The van der Waals surface area contributed by atoms with Gasteiger partial charge in [0.05, 0.1) is 5.02 Å². The van der Waals surface area contributed by atoms with E-state index in [2.05, 4.69) is 43.3 Å². The van der Waals surface area contributed by atoms with E-state index >= 15 is 0 Å². The molecule has 0 bridgehead atoms. The second kappa shape index (κ2) is 3.24. The molecule has 0 fully saturated rings. The smallest absolute Gasteiger partial charge is 0.142 e. The van der Waals surface area contributed by atoms with Crippen LogP contribution in [0.25, 0.3) is 11.0 Å². The van der Waals surface area contributed by atoms with Crippen molar-refractivity contribution in [1.82, 2.24) is 9.55 Å². The monoisotopic (exact) mass is 222 g/mol. The first kappa shape index (κ1) is 10.5. The molecule has 2 heterocycles. The van der Waals surface area contributed by atoms with Gasteiger partial charge in [-0.25, -0.2) is 4.98 Å². The minimum absolute atomic E-state index is 0.0313. The summed E-state index contributed by atoms with van der Waals surface area (Å²) in [5.41, 5.74) is 2.19. The van der Waals surface area contributed by atoms with Crippen LogP contribution in [0.2, 0.25) is 5.02 Å². The third-order valence-corrected chi connectivity index (χ3v) is 2.83. The molecule has 0 radical (unpaired) electrons. The number of aryl methyl sites for hydroxylation is 1. The second-order valence-corrected chi connectivity index (χ2v) is 5.23. The van der Waals surface area contributed by atoms with Crippen molar-refractivity contribution < 1.29 is 0 Å². The lowest BCUT2D eigenvalue weighted by Gasteiger charge is -2.24. The van der Waals surface area contributed by atoms with E-state index in [-0.39, 0.29) is 5.54 Å². The van der Waals surface area contributed by atoms with Gasteiger partial charge in [0.2, 0.25) is 0 Å². The number of aromatic nitrogens is 2. The fraction of sp³-hybridized carbons (Fsp3) is 0.417. The predicted octanol–water partition coefficient (Wildman–Crippen LogP) is 3.75. The van der Waals surface area contributed by atoms with Crippen LogP contribution in [0.15, 0.2) is 18.3 Å². The first-order valence-electron chi connectivity index (χ1n) is 5.04. The Hall–Kier alpha value is -1.02. The number of nitrogens with zero attached hydrogens (tertiary/aromatic N) is 2. The molecule has 2 aromatic heterocycles. The van der Waals surface area contributed by atoms with Crippen LogP contribution in [0, 0.1) is 6.92 Å². The topological polar surface area (TPSA) is 17.8 Å². The van der Waals surface area contributed by atoms with Gasteiger partial charge in [0, 0.05) is 22.8 Å². The average Bonchev–Trinajstić information content (AvgIpc) is 2.41. The molecule has 0 aliphatic heterocycles. The standard InChI is InChI=1S/C12H15ClN2/c1-8-7-9-10(13)5-6-14-11(9)15(8)12(2,3)4/h5-7H,1-4H3. The van der Waals surface area contributed by atoms with E-state index in [4.69, 9.17) is 11.6 Å². The normalized spacial score (nSPS) is 12.3. The molecular weight excluding hydrogens is 208 g/mol. The van der Waals surface area contributed by atoms with Crippen molar-refractivity contribution in [2.75, 3.05) is 0 Å². The third kappa shape index (κ3) is 1.63. The summed E-state index contributed by atoms with van der Waals surface area (Å²) < 4.78 is 2.22. The van der Waals surface area contributed by atoms with E-state index in [1.54, 1.807) is 6.20 Å². The van der Waals surface area contributed by atoms with Crippen molar-refractivity contribution in [3.8, 4) is 0 Å². The molecule has 2 aromatic rings. The van der Waals surface area contributed by atoms with Gasteiger partial charge in [-0.15, -0.1) is 0 Å². The molecule has 0 aliphatic carbocycles. The maximum atomic E-state index is 6.14. The summed E-state index contributed by atoms with van der Waals surface area (Å²) in [6, 6.07) is 3.92. The Bertz CT molecular complexity index is 506. The lowest BCUT2D eigenvalue weighted by Crippen LogP contribution is -2.22. The van der Waals surface area contributed by atoms with Crippen LogP contribution in [-0.2, 0) is 5.54 Å². The van der Waals surface area contributed by atoms with Gasteiger partial charge < -0.3 is 4.57 Å². The lowest BCUT2D eigenvalue weighted by atomic mass is 10.1. The number of pyridine rings is 1. The zero-order valence-corrected chi connectivity index (χ0v) is 10.3. The first-order valence-corrected chi connectivity index (χ1v) is 5.42. The summed E-state index contributed by atoms with van der Waals surface area (Å²) in [6.45, 7) is 8.59. The molecule has 0 aromatic carbocycles. The SMILES string of the molecule is Cc1cc2c(Cl)ccnc2n1C(C)(C)C. The van der Waals surface area contributed by atoms with Gasteiger partial charge in [-0.05, 0) is 39.8 Å². The Labute approximate surface area is 94.9 Å². The maximum Gasteiger partial charge on any atom is 0.142 e. The second-order valence-electron chi connectivity index (χ2n) is 4.82. The average molecular weight is 223 g/mol. The van der Waals surface area contributed by atoms with Crippen LogP contribution >= 0.6 is 11.6 Å². The minimum atomic E-state index is 0.0313. The Morgan fingerprint density at radius 1 is 1.33 bits per heavy atom. The molecule has 0 atom stereocenters. The highest BCUT2D eigenvalue weighted by Crippen LogP contribution is 2.29. The van der Waals surface area contributed by atoms with E-state index in [1.807, 2.05) is 6.07 Å². The molecule has 0 saturated carbocycles. The van der Waals surface area contributed by atoms with Crippen LogP contribution in [0.5, 0.6) is 0 Å². The van der Waals surface area contributed by atoms with Crippen LogP contribution in [0.4, 0.5) is 0 Å². The van der Waals surface area contributed by atoms with Crippen molar-refractivity contribution in [2.45, 2.75) is 33.2 Å². The highest BCUT2D eigenvalue weighted by Gasteiger charge is 2.19. The van der Waals surface area contributed by atoms with E-state index in [0.29, 0.717) is 0 Å². The molecule has 2 rings (SSSR count). The zero-order chi connectivity index (χ0) is 11.2. The predicted molar refractivity (Wildman–Crippen MR) is 64.5 cm³/mol. The molecule has 0 saturated heterocycles. The largest absolute Gasteiger partial charge is 0.325 e. The number of fused-ring (bicyclic) bond motifs is 1. The minimum Gasteiger partial charge on any atom is -0.325 e. The van der Waals surface area contributed by atoms with Gasteiger partial charge in [-0.2, -0.15) is 0 Å². The third-order valence-electron chi connectivity index (χ3n) is 2.50. The van der Waals surface area contributed by atoms with E-state index in [1.165, 1.54) is 5.69 Å². The summed E-state index contributed by atoms with van der Waals surface area (Å²) in [5, 5.41) is 1.80. The van der Waals surface area contributed by atoms with Gasteiger partial charge in [0.15, 0.2) is 0 Å². The summed E-state index contributed by atoms with van der Waals surface area (Å²) in [5.74, 6) is 0. The van der Waals surface area contributed by atoms with Gasteiger partial charge in [-0.3, -0.25) is 0 Å². The molecule has 0 unspecified atom stereocenters. The molecule has 2 nitrogen and oxygen atoms in total. The van der Waals surface area contributed by atoms with Gasteiger partial charge >= 0.3 is 0 Å². The number of halogens is 1. The van der Waals surface area contributed by atoms with Gasteiger partial charge in [0.1, 0.15) is 5.65 Å². The van der Waals surface area contributed by atoms with E-state index < -0.39 is 0 Å². The molecule has 3 heteroatoms. The van der Waals surface area contributed by atoms with E-state index in [9.17, 15) is 0 Å². The highest BCUT2D eigenvalue weighted by atomic mass is 35.5. The Morgan fingerprint density at radius 2 is 2.00 bits per heavy atom. The Morgan fingerprint density at radius 3 is 2.60 bits per heavy atom. The molecule has 0 aliphatic rings. The highest BCUT2D eigenvalue weighted by molar-refractivity contribution is 6.35. The number of hydrogen-bond donors (Lipinski definition) is 0. The van der Waals surface area contributed by atoms with Crippen molar-refractivity contribution >= 4 is 22.6 Å². The molecular formula is C12H15ClN2. The number of rotatable bonds is 0. The molecule has 0 N–H and O–H groups in total. The van der Waals surface area contributed by atoms with Crippen LogP contribution in [0.3, 0.4) is 0 Å². The quantitative estimate of drug-likeness (QED) is 0.664. The Kier molecular flexibility index (Phi) is 2.27. The number of hydrogen-bond acceptors (Lipinski definition) is 1. The van der Waals surface area contributed by atoms with Gasteiger partial charge in [-0.1, -0.05) is 11.6 Å². The summed E-state index contributed by atoms with van der Waals surface area (Å²) in [4.78, 5) is 4.41. The van der Waals surface area contributed by atoms with Crippen molar-refractivity contribution in [1.29, 1.82) is 0 Å². The summed E-state index contributed by atoms with van der Waals surface area (Å²) >= 11 is 6.14. The fourth-order valence-corrected chi connectivity index (χ4v) is 2.23. The lowest BCUT2D eigenvalue weighted by molar-refractivity contribution is 0.401. The summed E-state index contributed by atoms with van der Waals surface area (Å²) in [6.07, 6.45) is 1.76. The Balaban J connectivity index is 2.86. The van der Waals surface area contributed by atoms with Crippen molar-refractivity contribution in [3.63, 3.8) is 0 Å². The molecule has 0 amide bonds. The van der Waals surface area contributed by atoms with Crippen LogP contribution in [0.1, 0.15) is 26.5 Å². The van der Waals surface area contributed by atoms with E-state index in [0.717, 1.165) is 16.1 Å². The molecule has 80 valence electrons.